The van der Waals surface area contributed by atoms with Gasteiger partial charge < -0.3 is 14.4 Å². The second-order valence-corrected chi connectivity index (χ2v) is 4.23. The van der Waals surface area contributed by atoms with Gasteiger partial charge in [0.2, 0.25) is 0 Å². The molecule has 0 unspecified atom stereocenters. The molecule has 0 atom stereocenters. The zero-order valence-corrected chi connectivity index (χ0v) is 10.6. The van der Waals surface area contributed by atoms with E-state index in [1.807, 2.05) is 29.0 Å². The highest BCUT2D eigenvalue weighted by molar-refractivity contribution is 6.08. The first-order valence-corrected chi connectivity index (χ1v) is 5.96. The van der Waals surface area contributed by atoms with Gasteiger partial charge >= 0.3 is 0 Å². The Morgan fingerprint density at radius 1 is 1.44 bits per heavy atom. The molecule has 0 bridgehead atoms. The molecule has 0 aliphatic rings. The van der Waals surface area contributed by atoms with Gasteiger partial charge in [0.25, 0.3) is 0 Å². The average molecular weight is 247 g/mol. The average Bonchev–Trinajstić information content (AvgIpc) is 2.75. The Hall–Kier alpha value is -1.81. The summed E-state index contributed by atoms with van der Waals surface area (Å²) < 4.78 is 7.32. The summed E-state index contributed by atoms with van der Waals surface area (Å²) >= 11 is 0. The molecule has 1 aromatic carbocycles. The summed E-state index contributed by atoms with van der Waals surface area (Å²) in [6.45, 7) is 2.36. The number of aromatic nitrogens is 1. The van der Waals surface area contributed by atoms with E-state index in [-0.39, 0.29) is 12.4 Å². The van der Waals surface area contributed by atoms with E-state index in [2.05, 4.69) is 0 Å². The normalized spacial score (nSPS) is 10.8. The summed E-state index contributed by atoms with van der Waals surface area (Å²) in [6.07, 6.45) is 2.49. The number of carbonyl (C=O) groups excluding carboxylic acids is 1. The van der Waals surface area contributed by atoms with Gasteiger partial charge in [0.05, 0.1) is 12.6 Å². The third-order valence-corrected chi connectivity index (χ3v) is 3.02. The van der Waals surface area contributed by atoms with Crippen LogP contribution in [0.5, 0.6) is 5.75 Å². The minimum atomic E-state index is 0.0380. The highest BCUT2D eigenvalue weighted by Gasteiger charge is 2.14. The van der Waals surface area contributed by atoms with Crippen LogP contribution in [0.4, 0.5) is 0 Å². The maximum absolute atomic E-state index is 11.6. The topological polar surface area (TPSA) is 51.5 Å². The third-order valence-electron chi connectivity index (χ3n) is 3.02. The Labute approximate surface area is 106 Å². The number of hydrogen-bond donors (Lipinski definition) is 1. The van der Waals surface area contributed by atoms with Crippen molar-refractivity contribution in [3.8, 4) is 5.75 Å². The predicted octanol–water partition coefficient (Wildman–Crippen LogP) is 2.23. The number of benzene rings is 1. The lowest BCUT2D eigenvalue weighted by Crippen LogP contribution is -1.99. The van der Waals surface area contributed by atoms with Crippen LogP contribution in [0.25, 0.3) is 10.9 Å². The molecule has 0 radical (unpaired) electrons. The Morgan fingerprint density at radius 3 is 2.83 bits per heavy atom. The molecular formula is C14H17NO3. The highest BCUT2D eigenvalue weighted by atomic mass is 16.5. The number of aliphatic hydroxyl groups excluding tert-OH is 1. The fourth-order valence-corrected chi connectivity index (χ4v) is 2.19. The second kappa shape index (κ2) is 5.23. The van der Waals surface area contributed by atoms with Crippen molar-refractivity contribution < 1.29 is 14.6 Å². The van der Waals surface area contributed by atoms with E-state index in [9.17, 15) is 4.79 Å². The number of ketones is 1. The Bertz CT molecular complexity index is 572. The number of nitrogens with zero attached hydrogens (tertiary/aromatic N) is 1. The number of hydrogen-bond acceptors (Lipinski definition) is 3. The van der Waals surface area contributed by atoms with Gasteiger partial charge in [0.1, 0.15) is 5.75 Å². The van der Waals surface area contributed by atoms with Gasteiger partial charge in [-0.25, -0.2) is 0 Å². The molecule has 18 heavy (non-hydrogen) atoms. The molecule has 4 heteroatoms. The predicted molar refractivity (Wildman–Crippen MR) is 70.2 cm³/mol. The van der Waals surface area contributed by atoms with Crippen molar-refractivity contribution in [2.45, 2.75) is 19.9 Å². The summed E-state index contributed by atoms with van der Waals surface area (Å²) in [4.78, 5) is 11.6. The van der Waals surface area contributed by atoms with Crippen LogP contribution in [0.2, 0.25) is 0 Å². The quantitative estimate of drug-likeness (QED) is 0.824. The summed E-state index contributed by atoms with van der Waals surface area (Å²) in [5.41, 5.74) is 1.61. The molecule has 4 nitrogen and oxygen atoms in total. The number of methoxy groups -OCH3 is 1. The van der Waals surface area contributed by atoms with E-state index in [0.717, 1.165) is 16.7 Å². The van der Waals surface area contributed by atoms with Crippen molar-refractivity contribution in [3.05, 3.63) is 30.0 Å². The van der Waals surface area contributed by atoms with E-state index >= 15 is 0 Å². The lowest BCUT2D eigenvalue weighted by molar-refractivity contribution is 0.101. The molecule has 1 heterocycles. The first kappa shape index (κ1) is 12.6. The van der Waals surface area contributed by atoms with Crippen LogP contribution in [-0.4, -0.2) is 29.2 Å². The molecule has 0 amide bonds. The summed E-state index contributed by atoms with van der Waals surface area (Å²) in [5, 5.41) is 9.83. The maximum atomic E-state index is 11.6. The number of rotatable bonds is 5. The van der Waals surface area contributed by atoms with Crippen LogP contribution < -0.4 is 4.74 Å². The molecule has 1 N–H and O–H groups in total. The largest absolute Gasteiger partial charge is 0.495 e. The number of ether oxygens (including phenoxy) is 1. The summed E-state index contributed by atoms with van der Waals surface area (Å²) in [6, 6.07) is 5.68. The minimum Gasteiger partial charge on any atom is -0.495 e. The highest BCUT2D eigenvalue weighted by Crippen LogP contribution is 2.30. The smallest absolute Gasteiger partial charge is 0.161 e. The summed E-state index contributed by atoms with van der Waals surface area (Å²) in [5.74, 6) is 0.786. The molecular weight excluding hydrogens is 230 g/mol. The fourth-order valence-electron chi connectivity index (χ4n) is 2.19. The zero-order chi connectivity index (χ0) is 13.1. The van der Waals surface area contributed by atoms with Gasteiger partial charge in [-0.15, -0.1) is 0 Å². The van der Waals surface area contributed by atoms with Crippen molar-refractivity contribution in [2.24, 2.45) is 0 Å². The van der Waals surface area contributed by atoms with E-state index in [4.69, 9.17) is 9.84 Å². The van der Waals surface area contributed by atoms with E-state index in [1.54, 1.807) is 14.0 Å². The molecule has 0 spiro atoms. The molecule has 0 aliphatic heterocycles. The molecule has 0 aliphatic carbocycles. The van der Waals surface area contributed by atoms with Gasteiger partial charge in [-0.1, -0.05) is 12.1 Å². The van der Waals surface area contributed by atoms with Crippen molar-refractivity contribution in [2.75, 3.05) is 13.7 Å². The third kappa shape index (κ3) is 2.11. The van der Waals surface area contributed by atoms with Crippen molar-refractivity contribution in [3.63, 3.8) is 0 Å². The molecule has 1 aromatic heterocycles. The molecule has 96 valence electrons. The second-order valence-electron chi connectivity index (χ2n) is 4.23. The number of fused-ring (bicyclic) bond motifs is 1. The monoisotopic (exact) mass is 247 g/mol. The Balaban J connectivity index is 2.64. The molecule has 2 aromatic rings. The molecule has 0 saturated carbocycles. The number of aryl methyl sites for hydroxylation is 1. The van der Waals surface area contributed by atoms with Crippen LogP contribution in [-0.2, 0) is 6.54 Å². The van der Waals surface area contributed by atoms with E-state index < -0.39 is 0 Å². The Kier molecular flexibility index (Phi) is 3.67. The molecule has 2 rings (SSSR count). The molecule has 0 saturated heterocycles. The number of para-hydroxylation sites is 1. The van der Waals surface area contributed by atoms with Crippen LogP contribution >= 0.6 is 0 Å². The van der Waals surface area contributed by atoms with Crippen molar-refractivity contribution >= 4 is 16.7 Å². The first-order valence-electron chi connectivity index (χ1n) is 5.96. The van der Waals surface area contributed by atoms with Crippen molar-refractivity contribution in [1.29, 1.82) is 0 Å². The van der Waals surface area contributed by atoms with Crippen LogP contribution in [0, 0.1) is 0 Å². The van der Waals surface area contributed by atoms with Crippen molar-refractivity contribution in [1.82, 2.24) is 4.57 Å². The Morgan fingerprint density at radius 2 is 2.22 bits per heavy atom. The summed E-state index contributed by atoms with van der Waals surface area (Å²) in [7, 11) is 1.62. The lowest BCUT2D eigenvalue weighted by atomic mass is 10.1. The number of carbonyl (C=O) groups is 1. The minimum absolute atomic E-state index is 0.0380. The number of aliphatic hydroxyl groups is 1. The van der Waals surface area contributed by atoms with E-state index in [0.29, 0.717) is 18.5 Å². The first-order chi connectivity index (χ1) is 8.69. The zero-order valence-electron chi connectivity index (χ0n) is 10.6. The van der Waals surface area contributed by atoms with Gasteiger partial charge in [-0.2, -0.15) is 0 Å². The van der Waals surface area contributed by atoms with Gasteiger partial charge in [-0.05, 0) is 19.4 Å². The lowest BCUT2D eigenvalue weighted by Gasteiger charge is -2.07. The van der Waals surface area contributed by atoms with Crippen LogP contribution in [0.15, 0.2) is 24.4 Å². The molecule has 0 fully saturated rings. The SMILES string of the molecule is COc1cccc2c(C(C)=O)cn(CCCO)c12. The standard InChI is InChI=1S/C14H17NO3/c1-10(17)12-9-15(7-4-8-16)14-11(12)5-3-6-13(14)18-2/h3,5-6,9,16H,4,7-8H2,1-2H3. The van der Waals surface area contributed by atoms with Crippen LogP contribution in [0.3, 0.4) is 0 Å². The van der Waals surface area contributed by atoms with E-state index in [1.165, 1.54) is 0 Å². The van der Waals surface area contributed by atoms with Crippen LogP contribution in [0.1, 0.15) is 23.7 Å². The maximum Gasteiger partial charge on any atom is 0.161 e. The number of Topliss-reactive ketones (excluding diaryl/α,β-unsaturated/α-hetero) is 1. The van der Waals surface area contributed by atoms with Gasteiger partial charge in [-0.3, -0.25) is 4.79 Å². The fraction of sp³-hybridized carbons (Fsp3) is 0.357. The van der Waals surface area contributed by atoms with Gasteiger partial charge in [0, 0.05) is 30.3 Å². The van der Waals surface area contributed by atoms with Gasteiger partial charge in [0.15, 0.2) is 5.78 Å².